The fraction of sp³-hybridized carbons (Fsp3) is 0.227. The molecule has 2 heterocycles. The van der Waals surface area contributed by atoms with E-state index < -0.39 is 11.7 Å². The van der Waals surface area contributed by atoms with Crippen LogP contribution in [-0.2, 0) is 0 Å². The molecule has 8 heteroatoms. The van der Waals surface area contributed by atoms with Gasteiger partial charge in [-0.05, 0) is 36.5 Å². The number of nitrogens with two attached hydrogens (primary N) is 2. The number of aromatic nitrogens is 2. The van der Waals surface area contributed by atoms with Crippen LogP contribution in [0.4, 0.5) is 21.7 Å². The fourth-order valence-corrected chi connectivity index (χ4v) is 3.35. The van der Waals surface area contributed by atoms with Crippen molar-refractivity contribution >= 4 is 23.2 Å². The van der Waals surface area contributed by atoms with E-state index in [0.717, 1.165) is 30.0 Å². The van der Waals surface area contributed by atoms with Gasteiger partial charge in [0.15, 0.2) is 11.6 Å². The van der Waals surface area contributed by atoms with Crippen LogP contribution in [0.3, 0.4) is 0 Å². The Morgan fingerprint density at radius 1 is 1.13 bits per heavy atom. The number of amides is 1. The molecule has 1 aliphatic carbocycles. The molecule has 1 atom stereocenters. The molecule has 1 unspecified atom stereocenters. The number of primary amides is 1. The minimum Gasteiger partial charge on any atom is -0.365 e. The number of carbonyl (C=O) groups is 1. The first kappa shape index (κ1) is 19.8. The molecular weight excluding hydrogens is 383 g/mol. The lowest BCUT2D eigenvalue weighted by molar-refractivity contribution is 0.100. The van der Waals surface area contributed by atoms with Crippen molar-refractivity contribution in [2.75, 3.05) is 17.2 Å². The van der Waals surface area contributed by atoms with Crippen molar-refractivity contribution in [3.63, 3.8) is 0 Å². The summed E-state index contributed by atoms with van der Waals surface area (Å²) in [5.41, 5.74) is 13.7. The molecule has 0 saturated heterocycles. The van der Waals surface area contributed by atoms with Crippen LogP contribution in [0.2, 0.25) is 0 Å². The number of rotatable bonds is 8. The summed E-state index contributed by atoms with van der Waals surface area (Å²) in [6.45, 7) is 0.370. The van der Waals surface area contributed by atoms with Crippen molar-refractivity contribution in [1.82, 2.24) is 9.97 Å². The van der Waals surface area contributed by atoms with E-state index in [4.69, 9.17) is 11.5 Å². The molecule has 1 aromatic carbocycles. The summed E-state index contributed by atoms with van der Waals surface area (Å²) >= 11 is 0. The van der Waals surface area contributed by atoms with Crippen molar-refractivity contribution in [3.05, 3.63) is 66.2 Å². The molecule has 1 saturated carbocycles. The Morgan fingerprint density at radius 2 is 1.90 bits per heavy atom. The zero-order valence-corrected chi connectivity index (χ0v) is 16.3. The van der Waals surface area contributed by atoms with E-state index in [1.54, 1.807) is 12.4 Å². The van der Waals surface area contributed by atoms with Crippen molar-refractivity contribution in [3.8, 4) is 11.1 Å². The van der Waals surface area contributed by atoms with Gasteiger partial charge in [-0.1, -0.05) is 30.3 Å². The van der Waals surface area contributed by atoms with Crippen LogP contribution >= 0.6 is 0 Å². The Morgan fingerprint density at radius 3 is 2.57 bits per heavy atom. The van der Waals surface area contributed by atoms with E-state index in [9.17, 15) is 9.18 Å². The molecule has 1 aliphatic rings. The quantitative estimate of drug-likeness (QED) is 0.456. The number of nitrogens with one attached hydrogen (secondary N) is 2. The fourth-order valence-electron chi connectivity index (χ4n) is 3.35. The number of hydrogen-bond donors (Lipinski definition) is 4. The molecule has 7 nitrogen and oxygen atoms in total. The zero-order chi connectivity index (χ0) is 21.1. The van der Waals surface area contributed by atoms with Gasteiger partial charge in [0.2, 0.25) is 0 Å². The summed E-state index contributed by atoms with van der Waals surface area (Å²) in [6, 6.07) is 12.7. The van der Waals surface area contributed by atoms with E-state index in [1.165, 1.54) is 0 Å². The highest BCUT2D eigenvalue weighted by Gasteiger charge is 2.31. The normalized spacial score (nSPS) is 14.2. The van der Waals surface area contributed by atoms with E-state index in [0.29, 0.717) is 18.2 Å². The average molecular weight is 406 g/mol. The van der Waals surface area contributed by atoms with E-state index in [1.807, 2.05) is 36.4 Å². The lowest BCUT2D eigenvalue weighted by Crippen LogP contribution is -2.32. The highest BCUT2D eigenvalue weighted by Crippen LogP contribution is 2.34. The molecule has 2 aromatic heterocycles. The van der Waals surface area contributed by atoms with Crippen LogP contribution in [0.5, 0.6) is 0 Å². The standard InChI is InChI=1S/C22H23FN6O/c23-18-9-17(20(25)30)21(29-22(18)28-19(10-24)14-6-7-14)27-16-8-15(11-26-12-16)13-4-2-1-3-5-13/h1-5,8-9,11-12,14,19H,6-7,10,24H2,(H2,25,30)(H2,27,28,29). The summed E-state index contributed by atoms with van der Waals surface area (Å²) in [5.74, 6) is -0.818. The third-order valence-electron chi connectivity index (χ3n) is 5.12. The predicted molar refractivity (Wildman–Crippen MR) is 115 cm³/mol. The molecule has 0 spiro atoms. The lowest BCUT2D eigenvalue weighted by Gasteiger charge is -2.19. The largest absolute Gasteiger partial charge is 0.365 e. The third kappa shape index (κ3) is 4.38. The van der Waals surface area contributed by atoms with Crippen molar-refractivity contribution in [1.29, 1.82) is 0 Å². The van der Waals surface area contributed by atoms with Crippen LogP contribution in [0, 0.1) is 11.7 Å². The Kier molecular flexibility index (Phi) is 5.58. The molecule has 0 bridgehead atoms. The third-order valence-corrected chi connectivity index (χ3v) is 5.12. The molecule has 1 amide bonds. The summed E-state index contributed by atoms with van der Waals surface area (Å²) in [6.07, 6.45) is 5.45. The molecule has 30 heavy (non-hydrogen) atoms. The highest BCUT2D eigenvalue weighted by atomic mass is 19.1. The Hall–Kier alpha value is -3.52. The summed E-state index contributed by atoms with van der Waals surface area (Å²) < 4.78 is 14.6. The average Bonchev–Trinajstić information content (AvgIpc) is 3.59. The first-order chi connectivity index (χ1) is 14.5. The van der Waals surface area contributed by atoms with Gasteiger partial charge in [0.1, 0.15) is 5.82 Å². The predicted octanol–water partition coefficient (Wildman–Crippen LogP) is 3.27. The molecule has 0 radical (unpaired) electrons. The Balaban J connectivity index is 1.65. The maximum Gasteiger partial charge on any atom is 0.252 e. The summed E-state index contributed by atoms with van der Waals surface area (Å²) in [5, 5.41) is 6.12. The second-order valence-electron chi connectivity index (χ2n) is 7.36. The van der Waals surface area contributed by atoms with Gasteiger partial charge in [-0.25, -0.2) is 9.37 Å². The second-order valence-corrected chi connectivity index (χ2v) is 7.36. The van der Waals surface area contributed by atoms with Crippen LogP contribution in [0.15, 0.2) is 54.9 Å². The van der Waals surface area contributed by atoms with E-state index in [2.05, 4.69) is 20.6 Å². The van der Waals surface area contributed by atoms with Crippen LogP contribution in [0.25, 0.3) is 11.1 Å². The van der Waals surface area contributed by atoms with Crippen LogP contribution in [-0.4, -0.2) is 28.5 Å². The van der Waals surface area contributed by atoms with Gasteiger partial charge in [-0.15, -0.1) is 0 Å². The van der Waals surface area contributed by atoms with E-state index in [-0.39, 0.29) is 23.2 Å². The number of hydrogen-bond acceptors (Lipinski definition) is 6. The van der Waals surface area contributed by atoms with Gasteiger partial charge in [0.25, 0.3) is 5.91 Å². The monoisotopic (exact) mass is 406 g/mol. The number of benzene rings is 1. The molecule has 0 aliphatic heterocycles. The minimum atomic E-state index is -0.778. The Bertz CT molecular complexity index is 1050. The number of nitrogens with zero attached hydrogens (tertiary/aromatic N) is 2. The number of pyridine rings is 2. The molecule has 4 rings (SSSR count). The maximum atomic E-state index is 14.6. The SMILES string of the molecule is NCC(Nc1nc(Nc2cncc(-c3ccccc3)c2)c(C(N)=O)cc1F)C1CC1. The van der Waals surface area contributed by atoms with Gasteiger partial charge in [-0.3, -0.25) is 9.78 Å². The molecule has 154 valence electrons. The van der Waals surface area contributed by atoms with Gasteiger partial charge in [-0.2, -0.15) is 0 Å². The zero-order valence-electron chi connectivity index (χ0n) is 16.3. The number of halogens is 1. The second kappa shape index (κ2) is 8.46. The van der Waals surface area contributed by atoms with Gasteiger partial charge in [0, 0.05) is 24.3 Å². The number of carbonyl (C=O) groups excluding carboxylic acids is 1. The first-order valence-electron chi connectivity index (χ1n) is 9.79. The topological polar surface area (TPSA) is 119 Å². The van der Waals surface area contributed by atoms with Crippen molar-refractivity contribution < 1.29 is 9.18 Å². The number of anilines is 3. The van der Waals surface area contributed by atoms with Crippen LogP contribution in [0.1, 0.15) is 23.2 Å². The van der Waals surface area contributed by atoms with Gasteiger partial charge >= 0.3 is 0 Å². The van der Waals surface area contributed by atoms with Gasteiger partial charge in [0.05, 0.1) is 17.4 Å². The summed E-state index contributed by atoms with van der Waals surface area (Å²) in [4.78, 5) is 20.4. The Labute approximate surface area is 173 Å². The minimum absolute atomic E-state index is 0.0389. The first-order valence-corrected chi connectivity index (χ1v) is 9.79. The van der Waals surface area contributed by atoms with Crippen molar-refractivity contribution in [2.45, 2.75) is 18.9 Å². The van der Waals surface area contributed by atoms with E-state index >= 15 is 0 Å². The molecule has 1 fully saturated rings. The maximum absolute atomic E-state index is 14.6. The molecular formula is C22H23FN6O. The van der Waals surface area contributed by atoms with Gasteiger partial charge < -0.3 is 22.1 Å². The highest BCUT2D eigenvalue weighted by molar-refractivity contribution is 5.98. The smallest absolute Gasteiger partial charge is 0.252 e. The molecule has 6 N–H and O–H groups in total. The molecule has 3 aromatic rings. The van der Waals surface area contributed by atoms with Crippen LogP contribution < -0.4 is 22.1 Å². The van der Waals surface area contributed by atoms with Crippen molar-refractivity contribution in [2.24, 2.45) is 17.4 Å². The summed E-state index contributed by atoms with van der Waals surface area (Å²) in [7, 11) is 0. The lowest BCUT2D eigenvalue weighted by atomic mass is 10.1.